The molecule has 0 spiro atoms. The topological polar surface area (TPSA) is 63.2 Å². The third-order valence-electron chi connectivity index (χ3n) is 1.56. The lowest BCUT2D eigenvalue weighted by Crippen LogP contribution is -2.28. The van der Waals surface area contributed by atoms with E-state index in [2.05, 4.69) is 4.72 Å². The van der Waals surface area contributed by atoms with Gasteiger partial charge in [-0.1, -0.05) is 18.2 Å². The van der Waals surface area contributed by atoms with Gasteiger partial charge in [0.15, 0.2) is 0 Å². The predicted octanol–water partition coefficient (Wildman–Crippen LogP) is 0.554. The molecule has 5 heteroatoms. The molecule has 0 aliphatic carbocycles. The second-order valence-electron chi connectivity index (χ2n) is 2.84. The Balaban J connectivity index is 2.82. The van der Waals surface area contributed by atoms with E-state index in [1.165, 1.54) is 19.1 Å². The molecule has 0 heterocycles. The highest BCUT2D eigenvalue weighted by Crippen LogP contribution is 2.06. The van der Waals surface area contributed by atoms with E-state index in [-0.39, 0.29) is 17.2 Å². The summed E-state index contributed by atoms with van der Waals surface area (Å²) in [6.07, 6.45) is 0. The Labute approximate surface area is 83.0 Å². The van der Waals surface area contributed by atoms with Gasteiger partial charge in [-0.15, -0.1) is 0 Å². The number of rotatable bonds is 4. The van der Waals surface area contributed by atoms with Crippen LogP contribution in [-0.4, -0.2) is 20.7 Å². The third-order valence-corrected chi connectivity index (χ3v) is 2.98. The smallest absolute Gasteiger partial charge is 0.240 e. The van der Waals surface area contributed by atoms with Gasteiger partial charge in [0, 0.05) is 0 Å². The number of sulfonamides is 1. The molecule has 1 N–H and O–H groups in total. The van der Waals surface area contributed by atoms with Gasteiger partial charge in [0.2, 0.25) is 10.0 Å². The number of nitrogens with one attached hydrogen (secondary N) is 1. The summed E-state index contributed by atoms with van der Waals surface area (Å²) in [7, 11) is -3.53. The van der Waals surface area contributed by atoms with Gasteiger partial charge in [-0.25, -0.2) is 13.1 Å². The minimum absolute atomic E-state index is 0.168. The Hall–Kier alpha value is -1.20. The molecule has 0 atom stereocenters. The molecule has 0 fully saturated rings. The van der Waals surface area contributed by atoms with E-state index in [9.17, 15) is 13.2 Å². The molecule has 1 aromatic rings. The lowest BCUT2D eigenvalue weighted by atomic mass is 10.4. The fourth-order valence-corrected chi connectivity index (χ4v) is 1.96. The number of hydrogen-bond donors (Lipinski definition) is 1. The molecule has 76 valence electrons. The first-order chi connectivity index (χ1) is 6.52. The van der Waals surface area contributed by atoms with Crippen molar-refractivity contribution >= 4 is 15.8 Å². The van der Waals surface area contributed by atoms with Crippen molar-refractivity contribution in [3.05, 3.63) is 30.3 Å². The van der Waals surface area contributed by atoms with E-state index < -0.39 is 10.0 Å². The molecule has 0 amide bonds. The minimum Gasteiger partial charge on any atom is -0.299 e. The summed E-state index contributed by atoms with van der Waals surface area (Å²) >= 11 is 0. The summed E-state index contributed by atoms with van der Waals surface area (Å²) in [6.45, 7) is 1.16. The summed E-state index contributed by atoms with van der Waals surface area (Å²) < 4.78 is 25.1. The van der Waals surface area contributed by atoms with E-state index in [4.69, 9.17) is 0 Å². The molecule has 1 rings (SSSR count). The molecule has 0 bridgehead atoms. The van der Waals surface area contributed by atoms with Crippen molar-refractivity contribution in [2.45, 2.75) is 11.8 Å². The Morgan fingerprint density at radius 3 is 2.36 bits per heavy atom. The van der Waals surface area contributed by atoms with Gasteiger partial charge in [-0.3, -0.25) is 4.79 Å². The van der Waals surface area contributed by atoms with Crippen LogP contribution in [0.3, 0.4) is 0 Å². The summed E-state index contributed by atoms with van der Waals surface area (Å²) in [5, 5.41) is 0. The van der Waals surface area contributed by atoms with Crippen LogP contribution in [0.2, 0.25) is 0 Å². The molecule has 14 heavy (non-hydrogen) atoms. The van der Waals surface area contributed by atoms with Crippen LogP contribution in [0.15, 0.2) is 35.2 Å². The predicted molar refractivity (Wildman–Crippen MR) is 52.3 cm³/mol. The fourth-order valence-electron chi connectivity index (χ4n) is 0.880. The van der Waals surface area contributed by atoms with Crippen molar-refractivity contribution in [3.63, 3.8) is 0 Å². The van der Waals surface area contributed by atoms with Gasteiger partial charge < -0.3 is 0 Å². The van der Waals surface area contributed by atoms with Crippen molar-refractivity contribution in [1.82, 2.24) is 4.72 Å². The lowest BCUT2D eigenvalue weighted by molar-refractivity contribution is -0.115. The van der Waals surface area contributed by atoms with Gasteiger partial charge in [0.25, 0.3) is 0 Å². The number of benzene rings is 1. The lowest BCUT2D eigenvalue weighted by Gasteiger charge is -2.03. The Bertz CT molecular complexity index is 411. The summed E-state index contributed by atoms with van der Waals surface area (Å²) in [6, 6.07) is 7.93. The zero-order valence-corrected chi connectivity index (χ0v) is 8.54. The highest BCUT2D eigenvalue weighted by Gasteiger charge is 2.12. The maximum Gasteiger partial charge on any atom is 0.240 e. The van der Waals surface area contributed by atoms with Crippen molar-refractivity contribution in [3.8, 4) is 0 Å². The maximum absolute atomic E-state index is 11.5. The largest absolute Gasteiger partial charge is 0.299 e. The van der Waals surface area contributed by atoms with Gasteiger partial charge in [0.1, 0.15) is 5.78 Å². The van der Waals surface area contributed by atoms with Gasteiger partial charge in [-0.2, -0.15) is 0 Å². The molecule has 0 aliphatic heterocycles. The zero-order valence-electron chi connectivity index (χ0n) is 7.73. The van der Waals surface area contributed by atoms with E-state index in [0.29, 0.717) is 0 Å². The Morgan fingerprint density at radius 1 is 1.29 bits per heavy atom. The molecule has 0 aromatic heterocycles. The molecule has 0 unspecified atom stereocenters. The van der Waals surface area contributed by atoms with Gasteiger partial charge >= 0.3 is 0 Å². The molecule has 4 nitrogen and oxygen atoms in total. The van der Waals surface area contributed by atoms with E-state index in [0.717, 1.165) is 0 Å². The summed E-state index contributed by atoms with van der Waals surface area (Å²) in [5.74, 6) is -0.218. The molecule has 0 saturated heterocycles. The average molecular weight is 213 g/mol. The van der Waals surface area contributed by atoms with Gasteiger partial charge in [0.05, 0.1) is 11.4 Å². The van der Waals surface area contributed by atoms with Crippen LogP contribution in [-0.2, 0) is 14.8 Å². The number of carbonyl (C=O) groups is 1. The Morgan fingerprint density at radius 2 is 1.86 bits per heavy atom. The van der Waals surface area contributed by atoms with Crippen LogP contribution in [0.4, 0.5) is 0 Å². The Kier molecular flexibility index (Phi) is 3.38. The average Bonchev–Trinajstić information content (AvgIpc) is 2.16. The second kappa shape index (κ2) is 4.34. The normalized spacial score (nSPS) is 11.2. The van der Waals surface area contributed by atoms with Gasteiger partial charge in [-0.05, 0) is 19.1 Å². The molecular weight excluding hydrogens is 202 g/mol. The van der Waals surface area contributed by atoms with Crippen LogP contribution in [0.25, 0.3) is 0 Å². The van der Waals surface area contributed by atoms with Crippen LogP contribution in [0.1, 0.15) is 6.92 Å². The number of ketones is 1. The fraction of sp³-hybridized carbons (Fsp3) is 0.222. The molecule has 0 aliphatic rings. The van der Waals surface area contributed by atoms with E-state index >= 15 is 0 Å². The number of hydrogen-bond acceptors (Lipinski definition) is 3. The maximum atomic E-state index is 11.5. The highest BCUT2D eigenvalue weighted by atomic mass is 32.2. The standard InChI is InChI=1S/C9H11NO3S/c1-8(11)7-10-14(12,13)9-5-3-2-4-6-9/h2-6,10H,7H2,1H3. The van der Waals surface area contributed by atoms with Crippen LogP contribution >= 0.6 is 0 Å². The van der Waals surface area contributed by atoms with E-state index in [1.54, 1.807) is 18.2 Å². The molecule has 0 radical (unpaired) electrons. The first kappa shape index (κ1) is 10.9. The quantitative estimate of drug-likeness (QED) is 0.794. The van der Waals surface area contributed by atoms with Crippen LogP contribution in [0, 0.1) is 0 Å². The van der Waals surface area contributed by atoms with Crippen LogP contribution < -0.4 is 4.72 Å². The molecule has 0 saturated carbocycles. The van der Waals surface area contributed by atoms with Crippen LogP contribution in [0.5, 0.6) is 0 Å². The van der Waals surface area contributed by atoms with Crippen molar-refractivity contribution in [2.75, 3.05) is 6.54 Å². The first-order valence-electron chi connectivity index (χ1n) is 4.06. The molecule has 1 aromatic carbocycles. The number of carbonyl (C=O) groups excluding carboxylic acids is 1. The second-order valence-corrected chi connectivity index (χ2v) is 4.61. The molecular formula is C9H11NO3S. The summed E-state index contributed by atoms with van der Waals surface area (Å²) in [4.78, 5) is 10.8. The van der Waals surface area contributed by atoms with E-state index in [1.807, 2.05) is 0 Å². The van der Waals surface area contributed by atoms with Crippen molar-refractivity contribution in [1.29, 1.82) is 0 Å². The van der Waals surface area contributed by atoms with Crippen molar-refractivity contribution < 1.29 is 13.2 Å². The number of Topliss-reactive ketones (excluding diaryl/α,β-unsaturated/α-hetero) is 1. The van der Waals surface area contributed by atoms with Crippen molar-refractivity contribution in [2.24, 2.45) is 0 Å². The highest BCUT2D eigenvalue weighted by molar-refractivity contribution is 7.89. The third kappa shape index (κ3) is 2.93. The SMILES string of the molecule is CC(=O)CNS(=O)(=O)c1ccccc1. The summed E-state index contributed by atoms with van der Waals surface area (Å²) in [5.41, 5.74) is 0. The monoisotopic (exact) mass is 213 g/mol. The zero-order chi connectivity index (χ0) is 10.6. The first-order valence-corrected chi connectivity index (χ1v) is 5.55. The minimum atomic E-state index is -3.53.